The lowest BCUT2D eigenvalue weighted by Crippen LogP contribution is -2.11. The molecule has 3 N–H and O–H groups in total. The van der Waals surface area contributed by atoms with Gasteiger partial charge in [-0.1, -0.05) is 11.6 Å². The average molecular weight is 332 g/mol. The Labute approximate surface area is 116 Å². The van der Waals surface area contributed by atoms with E-state index >= 15 is 0 Å². The summed E-state index contributed by atoms with van der Waals surface area (Å²) in [5, 5.41) is 3.28. The largest absolute Gasteiger partial charge is 0.397 e. The summed E-state index contributed by atoms with van der Waals surface area (Å²) in [5.41, 5.74) is 6.75. The van der Waals surface area contributed by atoms with Crippen LogP contribution in [0.5, 0.6) is 0 Å². The molecule has 0 aliphatic heterocycles. The highest BCUT2D eigenvalue weighted by Gasteiger charge is 2.10. The number of carbonyl (C=O) groups is 1. The summed E-state index contributed by atoms with van der Waals surface area (Å²) in [6.45, 7) is 0. The maximum Gasteiger partial charge on any atom is 0.265 e. The molecule has 1 aromatic heterocycles. The van der Waals surface area contributed by atoms with Crippen LogP contribution >= 0.6 is 38.9 Å². The summed E-state index contributed by atoms with van der Waals surface area (Å²) in [6.07, 6.45) is 0. The molecule has 1 aromatic carbocycles. The fourth-order valence-corrected chi connectivity index (χ4v) is 2.73. The Morgan fingerprint density at radius 2 is 2.12 bits per heavy atom. The molecule has 17 heavy (non-hydrogen) atoms. The van der Waals surface area contributed by atoms with Crippen LogP contribution in [-0.4, -0.2) is 5.91 Å². The number of halogens is 2. The molecule has 0 atom stereocenters. The summed E-state index contributed by atoms with van der Waals surface area (Å²) in [6, 6.07) is 8.53. The monoisotopic (exact) mass is 330 g/mol. The lowest BCUT2D eigenvalue weighted by atomic mass is 10.2. The number of nitrogens with two attached hydrogens (primary N) is 1. The molecule has 2 rings (SSSR count). The summed E-state index contributed by atoms with van der Waals surface area (Å²) >= 11 is 10.4. The molecule has 1 heterocycles. The van der Waals surface area contributed by atoms with E-state index in [0.29, 0.717) is 21.3 Å². The third-order valence-corrected chi connectivity index (χ3v) is 3.92. The molecule has 0 unspecified atom stereocenters. The first-order chi connectivity index (χ1) is 8.06. The normalized spacial score (nSPS) is 10.2. The Kier molecular flexibility index (Phi) is 3.71. The predicted octanol–water partition coefficient (Wildman–Crippen LogP) is 4.00. The molecule has 0 saturated carbocycles. The third kappa shape index (κ3) is 3.00. The van der Waals surface area contributed by atoms with Crippen LogP contribution in [0.1, 0.15) is 9.67 Å². The molecule has 3 nitrogen and oxygen atoms in total. The summed E-state index contributed by atoms with van der Waals surface area (Å²) in [4.78, 5) is 12.5. The van der Waals surface area contributed by atoms with Crippen molar-refractivity contribution < 1.29 is 4.79 Å². The highest BCUT2D eigenvalue weighted by molar-refractivity contribution is 9.11. The van der Waals surface area contributed by atoms with Crippen LogP contribution in [-0.2, 0) is 0 Å². The Morgan fingerprint density at radius 3 is 2.71 bits per heavy atom. The molecule has 0 spiro atoms. The van der Waals surface area contributed by atoms with Gasteiger partial charge < -0.3 is 11.1 Å². The van der Waals surface area contributed by atoms with Crippen molar-refractivity contribution in [2.24, 2.45) is 0 Å². The smallest absolute Gasteiger partial charge is 0.265 e. The first kappa shape index (κ1) is 12.4. The molecule has 0 fully saturated rings. The molecule has 1 amide bonds. The lowest BCUT2D eigenvalue weighted by Gasteiger charge is -2.07. The van der Waals surface area contributed by atoms with Gasteiger partial charge in [0.05, 0.1) is 20.0 Å². The van der Waals surface area contributed by atoms with Crippen molar-refractivity contribution in [3.05, 3.63) is 44.0 Å². The van der Waals surface area contributed by atoms with Crippen molar-refractivity contribution in [1.29, 1.82) is 0 Å². The molecular formula is C11H8BrClN2OS. The van der Waals surface area contributed by atoms with Gasteiger partial charge in [-0.05, 0) is 46.3 Å². The Balaban J connectivity index is 2.18. The lowest BCUT2D eigenvalue weighted by molar-refractivity contribution is 0.103. The van der Waals surface area contributed by atoms with E-state index in [4.69, 9.17) is 17.3 Å². The Morgan fingerprint density at radius 1 is 1.35 bits per heavy atom. The number of nitrogens with one attached hydrogen (secondary N) is 1. The molecule has 2 aromatic rings. The summed E-state index contributed by atoms with van der Waals surface area (Å²) < 4.78 is 0.909. The number of thiophene rings is 1. The second-order valence-corrected chi connectivity index (χ2v) is 6.19. The summed E-state index contributed by atoms with van der Waals surface area (Å²) in [7, 11) is 0. The second-order valence-electron chi connectivity index (χ2n) is 3.29. The maximum atomic E-state index is 11.9. The van der Waals surface area contributed by atoms with Crippen molar-refractivity contribution in [3.8, 4) is 0 Å². The number of nitrogen functional groups attached to an aromatic ring is 1. The van der Waals surface area contributed by atoms with Gasteiger partial charge in [0.2, 0.25) is 0 Å². The second kappa shape index (κ2) is 5.08. The SMILES string of the molecule is Nc1cc(Cl)ccc1NC(=O)c1ccc(Br)s1. The van der Waals surface area contributed by atoms with Crippen molar-refractivity contribution in [1.82, 2.24) is 0 Å². The van der Waals surface area contributed by atoms with Gasteiger partial charge in [0.25, 0.3) is 5.91 Å². The minimum atomic E-state index is -0.185. The Hall–Kier alpha value is -1.04. The van der Waals surface area contributed by atoms with Crippen molar-refractivity contribution >= 4 is 56.1 Å². The average Bonchev–Trinajstić information content (AvgIpc) is 2.69. The number of anilines is 2. The van der Waals surface area contributed by atoms with E-state index in [1.165, 1.54) is 11.3 Å². The highest BCUT2D eigenvalue weighted by Crippen LogP contribution is 2.26. The first-order valence-electron chi connectivity index (χ1n) is 4.68. The molecule has 6 heteroatoms. The van der Waals surface area contributed by atoms with Crippen LogP contribution in [0.25, 0.3) is 0 Å². The zero-order chi connectivity index (χ0) is 12.4. The minimum Gasteiger partial charge on any atom is -0.397 e. The zero-order valence-corrected chi connectivity index (χ0v) is 11.7. The highest BCUT2D eigenvalue weighted by atomic mass is 79.9. The van der Waals surface area contributed by atoms with Gasteiger partial charge in [0.15, 0.2) is 0 Å². The number of carbonyl (C=O) groups excluding carboxylic acids is 1. The van der Waals surface area contributed by atoms with Gasteiger partial charge in [-0.15, -0.1) is 11.3 Å². The van der Waals surface area contributed by atoms with E-state index < -0.39 is 0 Å². The van der Waals surface area contributed by atoms with Crippen LogP contribution in [0.3, 0.4) is 0 Å². The fourth-order valence-electron chi connectivity index (χ4n) is 1.27. The Bertz CT molecular complexity index is 570. The molecule has 0 saturated heterocycles. The topological polar surface area (TPSA) is 55.1 Å². The van der Waals surface area contributed by atoms with Crippen molar-refractivity contribution in [2.75, 3.05) is 11.1 Å². The number of benzene rings is 1. The molecule has 0 bridgehead atoms. The van der Waals surface area contributed by atoms with Gasteiger partial charge in [0.1, 0.15) is 0 Å². The quantitative estimate of drug-likeness (QED) is 0.817. The first-order valence-corrected chi connectivity index (χ1v) is 6.67. The molecule has 0 radical (unpaired) electrons. The van der Waals surface area contributed by atoms with Crippen LogP contribution in [0.4, 0.5) is 11.4 Å². The van der Waals surface area contributed by atoms with E-state index in [2.05, 4.69) is 21.2 Å². The fraction of sp³-hybridized carbons (Fsp3) is 0. The van der Waals surface area contributed by atoms with E-state index in [0.717, 1.165) is 3.79 Å². The van der Waals surface area contributed by atoms with Crippen LogP contribution < -0.4 is 11.1 Å². The van der Waals surface area contributed by atoms with Gasteiger partial charge in [-0.3, -0.25) is 4.79 Å². The number of hydrogen-bond donors (Lipinski definition) is 2. The van der Waals surface area contributed by atoms with Crippen LogP contribution in [0.15, 0.2) is 34.1 Å². The zero-order valence-electron chi connectivity index (χ0n) is 8.54. The predicted molar refractivity (Wildman–Crippen MR) is 75.8 cm³/mol. The number of rotatable bonds is 2. The molecule has 0 aliphatic rings. The standard InChI is InChI=1S/C11H8BrClN2OS/c12-10-4-3-9(17-10)11(16)15-8-2-1-6(13)5-7(8)14/h1-5H,14H2,(H,15,16). The van der Waals surface area contributed by atoms with E-state index in [1.807, 2.05) is 6.07 Å². The van der Waals surface area contributed by atoms with Crippen molar-refractivity contribution in [3.63, 3.8) is 0 Å². The van der Waals surface area contributed by atoms with Gasteiger partial charge in [-0.25, -0.2) is 0 Å². The van der Waals surface area contributed by atoms with E-state index in [-0.39, 0.29) is 5.91 Å². The van der Waals surface area contributed by atoms with E-state index in [1.54, 1.807) is 24.3 Å². The summed E-state index contributed by atoms with van der Waals surface area (Å²) in [5.74, 6) is -0.185. The maximum absolute atomic E-state index is 11.9. The number of amides is 1. The van der Waals surface area contributed by atoms with E-state index in [9.17, 15) is 4.79 Å². The van der Waals surface area contributed by atoms with Gasteiger partial charge >= 0.3 is 0 Å². The molecular weight excluding hydrogens is 324 g/mol. The molecule has 0 aliphatic carbocycles. The third-order valence-electron chi connectivity index (χ3n) is 2.06. The molecule has 88 valence electrons. The van der Waals surface area contributed by atoms with Crippen LogP contribution in [0, 0.1) is 0 Å². The van der Waals surface area contributed by atoms with Crippen molar-refractivity contribution in [2.45, 2.75) is 0 Å². The minimum absolute atomic E-state index is 0.185. The number of hydrogen-bond acceptors (Lipinski definition) is 3. The van der Waals surface area contributed by atoms with Crippen LogP contribution in [0.2, 0.25) is 5.02 Å². The van der Waals surface area contributed by atoms with Gasteiger partial charge in [0, 0.05) is 5.02 Å². The van der Waals surface area contributed by atoms with Gasteiger partial charge in [-0.2, -0.15) is 0 Å².